The highest BCUT2D eigenvalue weighted by Crippen LogP contribution is 2.33. The van der Waals surface area contributed by atoms with Crippen LogP contribution in [-0.2, 0) is 6.42 Å². The number of hydrogen-bond acceptors (Lipinski definition) is 4. The molecule has 1 aromatic heterocycles. The van der Waals surface area contributed by atoms with E-state index in [9.17, 15) is 9.50 Å². The minimum Gasteiger partial charge on any atom is -0.390 e. The summed E-state index contributed by atoms with van der Waals surface area (Å²) in [7, 11) is 0. The van der Waals surface area contributed by atoms with Crippen LogP contribution in [0.2, 0.25) is 0 Å². The lowest BCUT2D eigenvalue weighted by Gasteiger charge is -2.41. The maximum atomic E-state index is 13.7. The number of aromatic nitrogens is 2. The Labute approximate surface area is 93.9 Å². The van der Waals surface area contributed by atoms with Gasteiger partial charge in [-0.2, -0.15) is 0 Å². The Kier molecular flexibility index (Phi) is 2.80. The predicted octanol–water partition coefficient (Wildman–Crippen LogP) is 1.50. The van der Waals surface area contributed by atoms with Gasteiger partial charge < -0.3 is 10.4 Å². The van der Waals surface area contributed by atoms with Crippen molar-refractivity contribution in [3.63, 3.8) is 0 Å². The van der Waals surface area contributed by atoms with Gasteiger partial charge in [-0.3, -0.25) is 0 Å². The standard InChI is InChI=1S/C11H16FN3O/c1-3-8-9(12)10(14-6-13-8)15-7-4-11(2,16)5-7/h6-7,16H,3-5H2,1-2H3,(H,13,14,15). The summed E-state index contributed by atoms with van der Waals surface area (Å²) in [5.74, 6) is -0.135. The van der Waals surface area contributed by atoms with Crippen LogP contribution in [0.3, 0.4) is 0 Å². The smallest absolute Gasteiger partial charge is 0.186 e. The second-order valence-electron chi connectivity index (χ2n) is 4.58. The number of aryl methyl sites for hydroxylation is 1. The fourth-order valence-corrected chi connectivity index (χ4v) is 2.05. The van der Waals surface area contributed by atoms with Gasteiger partial charge in [0.05, 0.1) is 11.3 Å². The number of halogens is 1. The highest BCUT2D eigenvalue weighted by atomic mass is 19.1. The fourth-order valence-electron chi connectivity index (χ4n) is 2.05. The van der Waals surface area contributed by atoms with E-state index >= 15 is 0 Å². The summed E-state index contributed by atoms with van der Waals surface area (Å²) in [6.45, 7) is 3.63. The van der Waals surface area contributed by atoms with Crippen LogP contribution in [0.4, 0.5) is 10.2 Å². The van der Waals surface area contributed by atoms with Crippen molar-refractivity contribution in [2.75, 3.05) is 5.32 Å². The van der Waals surface area contributed by atoms with Crippen molar-refractivity contribution < 1.29 is 9.50 Å². The lowest BCUT2D eigenvalue weighted by atomic mass is 9.77. The molecule has 0 saturated heterocycles. The van der Waals surface area contributed by atoms with Gasteiger partial charge >= 0.3 is 0 Å². The molecule has 16 heavy (non-hydrogen) atoms. The molecular formula is C11H16FN3O. The van der Waals surface area contributed by atoms with E-state index in [-0.39, 0.29) is 17.7 Å². The van der Waals surface area contributed by atoms with E-state index in [0.717, 1.165) is 0 Å². The Balaban J connectivity index is 2.05. The quantitative estimate of drug-likeness (QED) is 0.818. The number of nitrogens with one attached hydrogen (secondary N) is 1. The highest BCUT2D eigenvalue weighted by Gasteiger charge is 2.38. The zero-order valence-corrected chi connectivity index (χ0v) is 9.50. The third-order valence-corrected chi connectivity index (χ3v) is 2.91. The van der Waals surface area contributed by atoms with Gasteiger partial charge in [0.25, 0.3) is 0 Å². The van der Waals surface area contributed by atoms with Crippen molar-refractivity contribution in [3.8, 4) is 0 Å². The molecule has 0 atom stereocenters. The Morgan fingerprint density at radius 1 is 1.56 bits per heavy atom. The maximum absolute atomic E-state index is 13.7. The molecule has 0 amide bonds. The fraction of sp³-hybridized carbons (Fsp3) is 0.636. The van der Waals surface area contributed by atoms with E-state index in [1.807, 2.05) is 6.92 Å². The van der Waals surface area contributed by atoms with Gasteiger partial charge in [0.2, 0.25) is 0 Å². The molecule has 0 spiro atoms. The number of anilines is 1. The monoisotopic (exact) mass is 225 g/mol. The van der Waals surface area contributed by atoms with Crippen molar-refractivity contribution in [2.45, 2.75) is 44.8 Å². The molecule has 1 aromatic rings. The summed E-state index contributed by atoms with van der Waals surface area (Å²) in [6, 6.07) is 0.101. The van der Waals surface area contributed by atoms with Gasteiger partial charge in [-0.05, 0) is 26.2 Å². The summed E-state index contributed by atoms with van der Waals surface area (Å²) < 4.78 is 13.7. The second kappa shape index (κ2) is 3.97. The number of rotatable bonds is 3. The first kappa shape index (κ1) is 11.3. The van der Waals surface area contributed by atoms with Crippen LogP contribution in [0, 0.1) is 5.82 Å². The van der Waals surface area contributed by atoms with Crippen molar-refractivity contribution in [1.29, 1.82) is 0 Å². The molecule has 2 N–H and O–H groups in total. The molecule has 0 aromatic carbocycles. The predicted molar refractivity (Wildman–Crippen MR) is 58.6 cm³/mol. The molecule has 1 aliphatic carbocycles. The number of nitrogens with zero attached hydrogens (tertiary/aromatic N) is 2. The first-order chi connectivity index (χ1) is 7.52. The molecule has 1 saturated carbocycles. The molecule has 2 rings (SSSR count). The molecule has 1 fully saturated rings. The van der Waals surface area contributed by atoms with Crippen molar-refractivity contribution in [2.24, 2.45) is 0 Å². The van der Waals surface area contributed by atoms with Crippen LogP contribution in [-0.4, -0.2) is 26.7 Å². The Hall–Kier alpha value is -1.23. The van der Waals surface area contributed by atoms with Gasteiger partial charge in [-0.1, -0.05) is 6.92 Å². The summed E-state index contributed by atoms with van der Waals surface area (Å²) in [4.78, 5) is 7.74. The lowest BCUT2D eigenvalue weighted by molar-refractivity contribution is -0.0236. The third kappa shape index (κ3) is 2.14. The molecule has 88 valence electrons. The Bertz CT molecular complexity index is 387. The molecule has 0 unspecified atom stereocenters. The van der Waals surface area contributed by atoms with Crippen molar-refractivity contribution >= 4 is 5.82 Å². The molecule has 0 bridgehead atoms. The lowest BCUT2D eigenvalue weighted by Crippen LogP contribution is -2.48. The summed E-state index contributed by atoms with van der Waals surface area (Å²) in [5, 5.41) is 12.6. The summed E-state index contributed by atoms with van der Waals surface area (Å²) >= 11 is 0. The van der Waals surface area contributed by atoms with Crippen LogP contribution < -0.4 is 5.32 Å². The van der Waals surface area contributed by atoms with E-state index in [4.69, 9.17) is 0 Å². The summed E-state index contributed by atoms with van der Waals surface area (Å²) in [5.41, 5.74) is -0.196. The van der Waals surface area contributed by atoms with Crippen LogP contribution in [0.15, 0.2) is 6.33 Å². The topological polar surface area (TPSA) is 58.0 Å². The van der Waals surface area contributed by atoms with Crippen molar-refractivity contribution in [3.05, 3.63) is 17.8 Å². The minimum absolute atomic E-state index is 0.101. The van der Waals surface area contributed by atoms with Gasteiger partial charge in [-0.25, -0.2) is 14.4 Å². The van der Waals surface area contributed by atoms with Crippen LogP contribution in [0.1, 0.15) is 32.4 Å². The molecule has 0 aliphatic heterocycles. The summed E-state index contributed by atoms with van der Waals surface area (Å²) in [6.07, 6.45) is 3.16. The highest BCUT2D eigenvalue weighted by molar-refractivity contribution is 5.39. The maximum Gasteiger partial charge on any atom is 0.186 e. The van der Waals surface area contributed by atoms with Gasteiger partial charge in [0.1, 0.15) is 6.33 Å². The van der Waals surface area contributed by atoms with E-state index in [0.29, 0.717) is 25.0 Å². The molecule has 5 heteroatoms. The second-order valence-corrected chi connectivity index (χ2v) is 4.58. The number of aliphatic hydroxyl groups is 1. The molecular weight excluding hydrogens is 209 g/mol. The molecule has 1 heterocycles. The van der Waals surface area contributed by atoms with Gasteiger partial charge in [0, 0.05) is 6.04 Å². The van der Waals surface area contributed by atoms with E-state index < -0.39 is 5.60 Å². The average Bonchev–Trinajstić information content (AvgIpc) is 2.18. The van der Waals surface area contributed by atoms with E-state index in [2.05, 4.69) is 15.3 Å². The normalized spacial score (nSPS) is 28.6. The van der Waals surface area contributed by atoms with Crippen molar-refractivity contribution in [1.82, 2.24) is 9.97 Å². The van der Waals surface area contributed by atoms with Gasteiger partial charge in [0.15, 0.2) is 11.6 Å². The SMILES string of the molecule is CCc1ncnc(NC2CC(C)(O)C2)c1F. The Morgan fingerprint density at radius 3 is 2.81 bits per heavy atom. The largest absolute Gasteiger partial charge is 0.390 e. The zero-order valence-electron chi connectivity index (χ0n) is 9.50. The van der Waals surface area contributed by atoms with Crippen LogP contribution >= 0.6 is 0 Å². The third-order valence-electron chi connectivity index (χ3n) is 2.91. The molecule has 1 aliphatic rings. The minimum atomic E-state index is -0.616. The van der Waals surface area contributed by atoms with E-state index in [1.165, 1.54) is 6.33 Å². The average molecular weight is 225 g/mol. The van der Waals surface area contributed by atoms with E-state index in [1.54, 1.807) is 6.92 Å². The number of hydrogen-bond donors (Lipinski definition) is 2. The Morgan fingerprint density at radius 2 is 2.25 bits per heavy atom. The van der Waals surface area contributed by atoms with Crippen LogP contribution in [0.5, 0.6) is 0 Å². The first-order valence-electron chi connectivity index (χ1n) is 5.50. The molecule has 0 radical (unpaired) electrons. The zero-order chi connectivity index (χ0) is 11.8. The first-order valence-corrected chi connectivity index (χ1v) is 5.50. The van der Waals surface area contributed by atoms with Crippen LogP contribution in [0.25, 0.3) is 0 Å². The van der Waals surface area contributed by atoms with Gasteiger partial charge in [-0.15, -0.1) is 0 Å². The molecule has 4 nitrogen and oxygen atoms in total.